The van der Waals surface area contributed by atoms with E-state index in [1.165, 1.54) is 6.42 Å². The first-order chi connectivity index (χ1) is 10.9. The number of piperidine rings is 1. The summed E-state index contributed by atoms with van der Waals surface area (Å²) in [7, 11) is 0. The lowest BCUT2D eigenvalue weighted by Gasteiger charge is -2.61. The van der Waals surface area contributed by atoms with Crippen LogP contribution in [-0.4, -0.2) is 45.1 Å². The summed E-state index contributed by atoms with van der Waals surface area (Å²) < 4.78 is 0. The van der Waals surface area contributed by atoms with Gasteiger partial charge in [0.05, 0.1) is 17.7 Å². The molecule has 6 rings (SSSR count). The number of nitriles is 1. The van der Waals surface area contributed by atoms with Crippen molar-refractivity contribution in [3.05, 3.63) is 0 Å². The van der Waals surface area contributed by atoms with E-state index in [0.717, 1.165) is 38.5 Å². The molecule has 24 heavy (non-hydrogen) atoms. The van der Waals surface area contributed by atoms with Gasteiger partial charge in [-0.25, -0.2) is 0 Å². The fourth-order valence-electron chi connectivity index (χ4n) is 6.96. The minimum Gasteiger partial charge on any atom is -0.412 e. The molecule has 6 aliphatic rings. The Bertz CT molecular complexity index is 601. The van der Waals surface area contributed by atoms with Crippen molar-refractivity contribution in [3.8, 4) is 6.07 Å². The monoisotopic (exact) mass is 333 g/mol. The lowest BCUT2D eigenvalue weighted by Crippen LogP contribution is -2.64. The predicted molar refractivity (Wildman–Crippen MR) is 86.4 cm³/mol. The van der Waals surface area contributed by atoms with Crippen LogP contribution in [0.25, 0.3) is 0 Å². The highest BCUT2D eigenvalue weighted by molar-refractivity contribution is 5.84. The molecule has 5 saturated carbocycles. The summed E-state index contributed by atoms with van der Waals surface area (Å²) in [5, 5.41) is 20.2. The SMILES string of the molecule is N#C[C@H]1CC2C[C@H]2N1C(=O)[C@H](N)C12CC3CC(CC(O)(C3)C1)C2.O. The van der Waals surface area contributed by atoms with Crippen molar-refractivity contribution in [2.75, 3.05) is 0 Å². The first kappa shape index (κ1) is 16.3. The lowest BCUT2D eigenvalue weighted by atomic mass is 9.46. The van der Waals surface area contributed by atoms with E-state index in [0.29, 0.717) is 24.2 Å². The molecule has 1 heterocycles. The van der Waals surface area contributed by atoms with Gasteiger partial charge in [0, 0.05) is 6.04 Å². The molecule has 3 unspecified atom stereocenters. The van der Waals surface area contributed by atoms with Gasteiger partial charge in [0.15, 0.2) is 0 Å². The summed E-state index contributed by atoms with van der Waals surface area (Å²) in [5.74, 6) is 1.56. The van der Waals surface area contributed by atoms with Crippen molar-refractivity contribution in [2.45, 2.75) is 75.1 Å². The average molecular weight is 333 g/mol. The molecule has 0 aromatic heterocycles. The Balaban J connectivity index is 0.00000146. The number of fused-ring (bicyclic) bond motifs is 1. The standard InChI is InChI=1S/C18H25N3O2.H2O/c19-8-13-2-12-3-14(12)21(13)16(22)15(20)17-4-10-1-11(5-17)7-18(23,6-10)9-17;/h10-15,23H,1-7,9,20H2;1H2/t10?,11?,12?,13-,14-,15+,17?,18?;/m1./s1. The number of rotatable bonds is 2. The molecule has 132 valence electrons. The highest BCUT2D eigenvalue weighted by atomic mass is 16.3. The van der Waals surface area contributed by atoms with Crippen molar-refractivity contribution >= 4 is 5.91 Å². The van der Waals surface area contributed by atoms with E-state index in [9.17, 15) is 15.2 Å². The van der Waals surface area contributed by atoms with E-state index in [1.54, 1.807) is 4.90 Å². The van der Waals surface area contributed by atoms with Crippen LogP contribution in [0.15, 0.2) is 0 Å². The minimum atomic E-state index is -0.594. The number of amides is 1. The molecule has 6 atom stereocenters. The van der Waals surface area contributed by atoms with Crippen LogP contribution in [0.3, 0.4) is 0 Å². The first-order valence-electron chi connectivity index (χ1n) is 9.13. The van der Waals surface area contributed by atoms with Crippen molar-refractivity contribution < 1.29 is 15.4 Å². The Kier molecular flexibility index (Phi) is 3.36. The third kappa shape index (κ3) is 2.08. The molecule has 0 spiro atoms. The van der Waals surface area contributed by atoms with Crippen LogP contribution < -0.4 is 5.73 Å². The molecule has 1 saturated heterocycles. The second kappa shape index (κ2) is 4.94. The highest BCUT2D eigenvalue weighted by Gasteiger charge is 2.62. The summed E-state index contributed by atoms with van der Waals surface area (Å²) in [5.41, 5.74) is 5.71. The Morgan fingerprint density at radius 2 is 1.88 bits per heavy atom. The van der Waals surface area contributed by atoms with Crippen molar-refractivity contribution in [1.29, 1.82) is 5.26 Å². The van der Waals surface area contributed by atoms with Crippen LogP contribution in [0.5, 0.6) is 0 Å². The zero-order valence-corrected chi connectivity index (χ0v) is 13.9. The minimum absolute atomic E-state index is 0. The van der Waals surface area contributed by atoms with Gasteiger partial charge in [-0.1, -0.05) is 0 Å². The maximum Gasteiger partial charge on any atom is 0.241 e. The van der Waals surface area contributed by atoms with Gasteiger partial charge in [-0.3, -0.25) is 4.79 Å². The van der Waals surface area contributed by atoms with E-state index >= 15 is 0 Å². The van der Waals surface area contributed by atoms with Crippen molar-refractivity contribution in [2.24, 2.45) is 28.9 Å². The number of carbonyl (C=O) groups excluding carboxylic acids is 1. The molecule has 5 N–H and O–H groups in total. The number of nitrogens with two attached hydrogens (primary N) is 1. The Labute approximate surface area is 142 Å². The molecule has 4 bridgehead atoms. The fraction of sp³-hybridized carbons (Fsp3) is 0.889. The molecule has 1 amide bonds. The number of hydrogen-bond donors (Lipinski definition) is 2. The molecular weight excluding hydrogens is 306 g/mol. The van der Waals surface area contributed by atoms with Gasteiger partial charge in [0.25, 0.3) is 0 Å². The van der Waals surface area contributed by atoms with Crippen molar-refractivity contribution in [3.63, 3.8) is 0 Å². The first-order valence-corrected chi connectivity index (χ1v) is 9.13. The second-order valence-corrected chi connectivity index (χ2v) is 9.21. The normalized spacial score (nSPS) is 51.5. The number of nitrogens with zero attached hydrogens (tertiary/aromatic N) is 2. The van der Waals surface area contributed by atoms with Crippen LogP contribution in [-0.2, 0) is 4.79 Å². The van der Waals surface area contributed by atoms with Gasteiger partial charge in [-0.2, -0.15) is 5.26 Å². The summed E-state index contributed by atoms with van der Waals surface area (Å²) in [6.45, 7) is 0. The van der Waals surface area contributed by atoms with Gasteiger partial charge < -0.3 is 21.2 Å². The maximum absolute atomic E-state index is 13.1. The number of hydrogen-bond acceptors (Lipinski definition) is 4. The summed E-state index contributed by atoms with van der Waals surface area (Å²) in [4.78, 5) is 14.9. The Morgan fingerprint density at radius 3 is 2.46 bits per heavy atom. The molecule has 6 fully saturated rings. The topological polar surface area (TPSA) is 122 Å². The smallest absolute Gasteiger partial charge is 0.241 e. The van der Waals surface area contributed by atoms with Gasteiger partial charge in [-0.05, 0) is 74.5 Å². The number of likely N-dealkylation sites (tertiary alicyclic amines) is 1. The summed E-state index contributed by atoms with van der Waals surface area (Å²) in [6.07, 6.45) is 7.48. The van der Waals surface area contributed by atoms with Crippen LogP contribution in [0.1, 0.15) is 51.4 Å². The quantitative estimate of drug-likeness (QED) is 0.756. The third-order valence-electron chi connectivity index (χ3n) is 7.51. The fourth-order valence-corrected chi connectivity index (χ4v) is 6.96. The van der Waals surface area contributed by atoms with E-state index in [-0.39, 0.29) is 28.9 Å². The molecule has 0 aromatic carbocycles. The van der Waals surface area contributed by atoms with Crippen molar-refractivity contribution in [1.82, 2.24) is 4.90 Å². The van der Waals surface area contributed by atoms with Gasteiger partial charge >= 0.3 is 0 Å². The molecule has 1 aliphatic heterocycles. The average Bonchev–Trinajstić information content (AvgIpc) is 3.14. The Morgan fingerprint density at radius 1 is 1.21 bits per heavy atom. The molecule has 6 nitrogen and oxygen atoms in total. The van der Waals surface area contributed by atoms with E-state index in [1.807, 2.05) is 0 Å². The van der Waals surface area contributed by atoms with Gasteiger partial charge in [0.2, 0.25) is 5.91 Å². The molecule has 5 aliphatic carbocycles. The van der Waals surface area contributed by atoms with Crippen LogP contribution in [0.2, 0.25) is 0 Å². The lowest BCUT2D eigenvalue weighted by molar-refractivity contribution is -0.177. The number of carbonyl (C=O) groups is 1. The molecule has 0 aromatic rings. The summed E-state index contributed by atoms with van der Waals surface area (Å²) >= 11 is 0. The molecule has 0 radical (unpaired) electrons. The second-order valence-electron chi connectivity index (χ2n) is 9.21. The van der Waals surface area contributed by atoms with Crippen LogP contribution in [0, 0.1) is 34.5 Å². The van der Waals surface area contributed by atoms with E-state index < -0.39 is 11.6 Å². The zero-order chi connectivity index (χ0) is 16.0. The largest absolute Gasteiger partial charge is 0.412 e. The molecular formula is C18H27N3O3. The number of aliphatic hydroxyl groups is 1. The maximum atomic E-state index is 13.1. The van der Waals surface area contributed by atoms with Crippen LogP contribution in [0.4, 0.5) is 0 Å². The third-order valence-corrected chi connectivity index (χ3v) is 7.51. The zero-order valence-electron chi connectivity index (χ0n) is 13.9. The van der Waals surface area contributed by atoms with E-state index in [4.69, 9.17) is 5.73 Å². The highest BCUT2D eigenvalue weighted by Crippen LogP contribution is 2.63. The van der Waals surface area contributed by atoms with Gasteiger partial charge in [0.1, 0.15) is 6.04 Å². The van der Waals surface area contributed by atoms with Crippen LogP contribution >= 0.6 is 0 Å². The molecule has 6 heteroatoms. The summed E-state index contributed by atoms with van der Waals surface area (Å²) in [6, 6.07) is 1.72. The predicted octanol–water partition coefficient (Wildman–Crippen LogP) is 0.333. The Hall–Kier alpha value is -1.16. The van der Waals surface area contributed by atoms with Gasteiger partial charge in [-0.15, -0.1) is 0 Å². The van der Waals surface area contributed by atoms with E-state index in [2.05, 4.69) is 6.07 Å².